The van der Waals surface area contributed by atoms with Crippen LogP contribution in [0.2, 0.25) is 0 Å². The van der Waals surface area contributed by atoms with Crippen molar-refractivity contribution in [3.8, 4) is 0 Å². The van der Waals surface area contributed by atoms with E-state index in [9.17, 15) is 4.79 Å². The molecule has 0 fully saturated rings. The summed E-state index contributed by atoms with van der Waals surface area (Å²) in [6.07, 6.45) is 3.32. The van der Waals surface area contributed by atoms with E-state index >= 15 is 0 Å². The number of hydrogen-bond donors (Lipinski definition) is 1. The molecule has 2 aromatic rings. The monoisotopic (exact) mass is 268 g/mol. The summed E-state index contributed by atoms with van der Waals surface area (Å²) in [5.74, 6) is 0. The normalized spacial score (nSPS) is 13.2. The highest BCUT2D eigenvalue weighted by Crippen LogP contribution is 2.19. The van der Waals surface area contributed by atoms with Gasteiger partial charge in [-0.1, -0.05) is 18.2 Å². The number of rotatable bonds is 4. The third-order valence-electron chi connectivity index (χ3n) is 3.93. The molecule has 20 heavy (non-hydrogen) atoms. The van der Waals surface area contributed by atoms with E-state index in [1.54, 1.807) is 6.07 Å². The molecule has 0 amide bonds. The summed E-state index contributed by atoms with van der Waals surface area (Å²) in [4.78, 5) is 12.0. The molecule has 104 valence electrons. The van der Waals surface area contributed by atoms with Crippen LogP contribution >= 0.6 is 0 Å². The van der Waals surface area contributed by atoms with Crippen molar-refractivity contribution in [3.63, 3.8) is 0 Å². The Morgan fingerprint density at radius 3 is 2.95 bits per heavy atom. The van der Waals surface area contributed by atoms with Gasteiger partial charge in [-0.15, -0.1) is 0 Å². The van der Waals surface area contributed by atoms with Gasteiger partial charge >= 0.3 is 0 Å². The summed E-state index contributed by atoms with van der Waals surface area (Å²) >= 11 is 0. The number of nitrogens with one attached hydrogen (secondary N) is 1. The molecule has 0 atom stereocenters. The molecule has 0 saturated heterocycles. The van der Waals surface area contributed by atoms with Crippen LogP contribution in [0.1, 0.15) is 23.2 Å². The molecule has 1 aromatic carbocycles. The minimum Gasteiger partial charge on any atom is -0.383 e. The summed E-state index contributed by atoms with van der Waals surface area (Å²) in [5.41, 5.74) is 5.07. The Kier molecular flexibility index (Phi) is 3.59. The average Bonchev–Trinajstić information content (AvgIpc) is 2.90. The van der Waals surface area contributed by atoms with Crippen molar-refractivity contribution in [3.05, 3.63) is 63.6 Å². The average molecular weight is 268 g/mol. The highest BCUT2D eigenvalue weighted by Gasteiger charge is 2.15. The van der Waals surface area contributed by atoms with Gasteiger partial charge in [-0.25, -0.2) is 0 Å². The lowest BCUT2D eigenvalue weighted by molar-refractivity contribution is 0.659. The highest BCUT2D eigenvalue weighted by atomic mass is 16.1. The third-order valence-corrected chi connectivity index (χ3v) is 3.93. The molecule has 1 aromatic heterocycles. The van der Waals surface area contributed by atoms with Crippen LogP contribution in [0.3, 0.4) is 0 Å². The van der Waals surface area contributed by atoms with Crippen molar-refractivity contribution < 1.29 is 0 Å². The number of hydrogen-bond acceptors (Lipinski definition) is 2. The van der Waals surface area contributed by atoms with Crippen LogP contribution in [-0.4, -0.2) is 11.1 Å². The molecule has 1 aliphatic carbocycles. The molecule has 0 spiro atoms. The second kappa shape index (κ2) is 5.53. The van der Waals surface area contributed by atoms with Crippen LogP contribution in [0, 0.1) is 6.92 Å². The van der Waals surface area contributed by atoms with E-state index in [1.807, 2.05) is 16.7 Å². The van der Waals surface area contributed by atoms with Crippen LogP contribution in [0.4, 0.5) is 5.69 Å². The molecule has 0 saturated carbocycles. The van der Waals surface area contributed by atoms with Crippen LogP contribution in [0.15, 0.2) is 41.2 Å². The maximum atomic E-state index is 12.0. The van der Waals surface area contributed by atoms with Crippen molar-refractivity contribution in [2.75, 3.05) is 11.9 Å². The summed E-state index contributed by atoms with van der Waals surface area (Å²) in [6, 6.07) is 12.0. The zero-order chi connectivity index (χ0) is 13.9. The number of fused-ring (bicyclic) bond motifs is 1. The van der Waals surface area contributed by atoms with Gasteiger partial charge < -0.3 is 9.88 Å². The first-order chi connectivity index (χ1) is 9.74. The van der Waals surface area contributed by atoms with Crippen LogP contribution < -0.4 is 10.9 Å². The molecule has 3 nitrogen and oxygen atoms in total. The second-order valence-corrected chi connectivity index (χ2v) is 5.44. The highest BCUT2D eigenvalue weighted by molar-refractivity contribution is 5.45. The maximum Gasteiger partial charge on any atom is 0.250 e. The van der Waals surface area contributed by atoms with Gasteiger partial charge in [0, 0.05) is 30.5 Å². The zero-order valence-corrected chi connectivity index (χ0v) is 11.9. The predicted octanol–water partition coefficient (Wildman–Crippen LogP) is 2.76. The van der Waals surface area contributed by atoms with Gasteiger partial charge in [-0.2, -0.15) is 0 Å². The quantitative estimate of drug-likeness (QED) is 0.925. The summed E-state index contributed by atoms with van der Waals surface area (Å²) < 4.78 is 1.94. The Morgan fingerprint density at radius 1 is 1.20 bits per heavy atom. The fourth-order valence-electron chi connectivity index (χ4n) is 2.95. The Hall–Kier alpha value is -2.03. The molecule has 3 rings (SSSR count). The fraction of sp³-hybridized carbons (Fsp3) is 0.353. The van der Waals surface area contributed by atoms with E-state index in [4.69, 9.17) is 0 Å². The van der Waals surface area contributed by atoms with Crippen molar-refractivity contribution in [1.82, 2.24) is 4.57 Å². The fourth-order valence-corrected chi connectivity index (χ4v) is 2.95. The molecule has 1 N–H and O–H groups in total. The van der Waals surface area contributed by atoms with Crippen LogP contribution in [-0.2, 0) is 19.4 Å². The van der Waals surface area contributed by atoms with Gasteiger partial charge in [0.25, 0.3) is 5.56 Å². The lowest BCUT2D eigenvalue weighted by atomic mass is 10.2. The molecule has 3 heteroatoms. The second-order valence-electron chi connectivity index (χ2n) is 5.44. The van der Waals surface area contributed by atoms with E-state index in [0.29, 0.717) is 0 Å². The Bertz CT molecular complexity index is 673. The first-order valence-electron chi connectivity index (χ1n) is 7.26. The Balaban J connectivity index is 1.70. The van der Waals surface area contributed by atoms with Crippen molar-refractivity contribution in [2.45, 2.75) is 32.7 Å². The largest absolute Gasteiger partial charge is 0.383 e. The first-order valence-corrected chi connectivity index (χ1v) is 7.26. The zero-order valence-electron chi connectivity index (χ0n) is 11.9. The van der Waals surface area contributed by atoms with E-state index in [1.165, 1.54) is 23.2 Å². The first kappa shape index (κ1) is 13.0. The molecular formula is C17H20N2O. The van der Waals surface area contributed by atoms with Gasteiger partial charge in [0.2, 0.25) is 0 Å². The summed E-state index contributed by atoms with van der Waals surface area (Å²) in [5, 5.41) is 3.39. The number of aromatic nitrogens is 1. The molecule has 1 heterocycles. The summed E-state index contributed by atoms with van der Waals surface area (Å²) in [7, 11) is 0. The standard InChI is InChI=1S/C17H20N2O/c1-13-4-2-6-15(12-13)18-10-11-19-16-7-3-5-14(16)8-9-17(19)20/h2,4,6,8-9,12,18H,3,5,7,10-11H2,1H3. The molecule has 0 unspecified atom stereocenters. The number of benzene rings is 1. The number of aryl methyl sites for hydroxylation is 2. The van der Waals surface area contributed by atoms with Gasteiger partial charge in [0.05, 0.1) is 0 Å². The van der Waals surface area contributed by atoms with Crippen LogP contribution in [0.5, 0.6) is 0 Å². The molecular weight excluding hydrogens is 248 g/mol. The Morgan fingerprint density at radius 2 is 2.10 bits per heavy atom. The van der Waals surface area contributed by atoms with Gasteiger partial charge in [-0.3, -0.25) is 4.79 Å². The van der Waals surface area contributed by atoms with Gasteiger partial charge in [0.1, 0.15) is 0 Å². The predicted molar refractivity (Wildman–Crippen MR) is 82.4 cm³/mol. The van der Waals surface area contributed by atoms with Gasteiger partial charge in [-0.05, 0) is 49.4 Å². The molecule has 0 bridgehead atoms. The topological polar surface area (TPSA) is 34.0 Å². The lowest BCUT2D eigenvalue weighted by Gasteiger charge is -2.13. The lowest BCUT2D eigenvalue weighted by Crippen LogP contribution is -2.26. The minimum atomic E-state index is 0.122. The SMILES string of the molecule is Cc1cccc(NCCn2c3c(ccc2=O)CCC3)c1. The molecule has 0 radical (unpaired) electrons. The van der Waals surface area contributed by atoms with Crippen molar-refractivity contribution in [1.29, 1.82) is 0 Å². The van der Waals surface area contributed by atoms with E-state index in [-0.39, 0.29) is 5.56 Å². The third kappa shape index (κ3) is 2.62. The van der Waals surface area contributed by atoms with E-state index in [0.717, 1.165) is 31.6 Å². The molecule has 0 aliphatic heterocycles. The van der Waals surface area contributed by atoms with Crippen molar-refractivity contribution >= 4 is 5.69 Å². The van der Waals surface area contributed by atoms with Crippen LogP contribution in [0.25, 0.3) is 0 Å². The smallest absolute Gasteiger partial charge is 0.250 e. The van der Waals surface area contributed by atoms with E-state index < -0.39 is 0 Å². The maximum absolute atomic E-state index is 12.0. The van der Waals surface area contributed by atoms with Crippen molar-refractivity contribution in [2.24, 2.45) is 0 Å². The summed E-state index contributed by atoms with van der Waals surface area (Å²) in [6.45, 7) is 3.59. The minimum absolute atomic E-state index is 0.122. The number of pyridine rings is 1. The number of anilines is 1. The Labute approximate surface area is 119 Å². The number of nitrogens with zero attached hydrogens (tertiary/aromatic N) is 1. The molecule has 1 aliphatic rings. The van der Waals surface area contributed by atoms with E-state index in [2.05, 4.69) is 30.4 Å². The van der Waals surface area contributed by atoms with Gasteiger partial charge in [0.15, 0.2) is 0 Å².